The van der Waals surface area contributed by atoms with Crippen LogP contribution in [0.1, 0.15) is 22.6 Å². The van der Waals surface area contributed by atoms with Gasteiger partial charge in [-0.15, -0.1) is 0 Å². The number of hydrogen-bond donors (Lipinski definition) is 1. The van der Waals surface area contributed by atoms with Gasteiger partial charge in [0.15, 0.2) is 0 Å². The first-order valence-electron chi connectivity index (χ1n) is 12.8. The number of aryl methyl sites for hydroxylation is 2. The molecule has 2 aromatic carbocycles. The van der Waals surface area contributed by atoms with Gasteiger partial charge in [0.25, 0.3) is 0 Å². The van der Waals surface area contributed by atoms with Crippen molar-refractivity contribution in [2.24, 2.45) is 0 Å². The molecule has 5 rings (SSSR count). The third-order valence-corrected chi connectivity index (χ3v) is 7.48. The summed E-state index contributed by atoms with van der Waals surface area (Å²) < 4.78 is 5.42. The minimum absolute atomic E-state index is 0.545. The van der Waals surface area contributed by atoms with E-state index in [1.54, 1.807) is 0 Å². The minimum atomic E-state index is 0.545. The molecule has 1 saturated heterocycles. The Balaban J connectivity index is 1.55. The number of pyridine rings is 1. The Hall–Kier alpha value is -3.13. The van der Waals surface area contributed by atoms with Crippen LogP contribution in [-0.2, 0) is 6.42 Å². The molecule has 7 nitrogen and oxygen atoms in total. The number of anilines is 2. The zero-order chi connectivity index (χ0) is 26.1. The van der Waals surface area contributed by atoms with E-state index in [2.05, 4.69) is 58.2 Å². The van der Waals surface area contributed by atoms with Crippen molar-refractivity contribution in [2.75, 3.05) is 64.0 Å². The standard InChI is InChI=1S/C29H35ClN6O/c1-19-27(20(2)37-33-19)22-8-9-24-25(18-22)28(31)32-29(26(24)17-21-6-5-7-23(30)16-21)36-14-12-35(13-15-36)11-10-34(3)4/h5-9,16,18H,10-15,17H2,1-4H3,(H2,31,32). The second-order valence-corrected chi connectivity index (χ2v) is 10.6. The highest BCUT2D eigenvalue weighted by atomic mass is 35.5. The average Bonchev–Trinajstić information content (AvgIpc) is 3.22. The predicted molar refractivity (Wildman–Crippen MR) is 153 cm³/mol. The van der Waals surface area contributed by atoms with Gasteiger partial charge in [0.2, 0.25) is 0 Å². The summed E-state index contributed by atoms with van der Waals surface area (Å²) in [6, 6.07) is 14.5. The van der Waals surface area contributed by atoms with Crippen molar-refractivity contribution in [3.63, 3.8) is 0 Å². The van der Waals surface area contributed by atoms with E-state index in [1.807, 2.05) is 32.0 Å². The Bertz CT molecular complexity index is 1390. The largest absolute Gasteiger partial charge is 0.383 e. The molecule has 0 atom stereocenters. The number of nitrogen functional groups attached to an aromatic ring is 1. The third kappa shape index (κ3) is 5.44. The molecule has 0 amide bonds. The van der Waals surface area contributed by atoms with E-state index in [9.17, 15) is 0 Å². The maximum absolute atomic E-state index is 6.64. The van der Waals surface area contributed by atoms with Crippen molar-refractivity contribution in [3.05, 3.63) is 70.1 Å². The van der Waals surface area contributed by atoms with Gasteiger partial charge in [0.05, 0.1) is 5.69 Å². The zero-order valence-corrected chi connectivity index (χ0v) is 22.8. The second kappa shape index (κ2) is 10.7. The molecule has 1 aliphatic rings. The molecular weight excluding hydrogens is 484 g/mol. The first-order chi connectivity index (χ1) is 17.8. The Kier molecular flexibility index (Phi) is 7.38. The SMILES string of the molecule is Cc1noc(C)c1-c1ccc2c(Cc3cccc(Cl)c3)c(N3CCN(CCN(C)C)CC3)nc(N)c2c1. The van der Waals surface area contributed by atoms with Gasteiger partial charge in [-0.3, -0.25) is 4.90 Å². The van der Waals surface area contributed by atoms with Crippen LogP contribution >= 0.6 is 11.6 Å². The van der Waals surface area contributed by atoms with E-state index in [1.165, 1.54) is 5.56 Å². The normalized spacial score (nSPS) is 14.7. The predicted octanol–water partition coefficient (Wildman–Crippen LogP) is 5.02. The molecule has 0 unspecified atom stereocenters. The number of piperazine rings is 1. The maximum atomic E-state index is 6.64. The average molecular weight is 519 g/mol. The molecule has 0 aliphatic carbocycles. The molecule has 4 aromatic rings. The quantitative estimate of drug-likeness (QED) is 0.368. The number of nitrogens with zero attached hydrogens (tertiary/aromatic N) is 5. The third-order valence-electron chi connectivity index (χ3n) is 7.24. The van der Waals surface area contributed by atoms with Crippen LogP contribution in [0.2, 0.25) is 5.02 Å². The first-order valence-corrected chi connectivity index (χ1v) is 13.2. The molecular formula is C29H35ClN6O. The van der Waals surface area contributed by atoms with Crippen LogP contribution in [0.15, 0.2) is 47.0 Å². The number of aromatic nitrogens is 2. The van der Waals surface area contributed by atoms with E-state index in [-0.39, 0.29) is 0 Å². The number of rotatable bonds is 7. The number of hydrogen-bond acceptors (Lipinski definition) is 7. The van der Waals surface area contributed by atoms with Gasteiger partial charge in [-0.25, -0.2) is 4.98 Å². The van der Waals surface area contributed by atoms with Crippen molar-refractivity contribution < 1.29 is 4.52 Å². The van der Waals surface area contributed by atoms with Crippen LogP contribution in [0.5, 0.6) is 0 Å². The molecule has 194 valence electrons. The molecule has 8 heteroatoms. The van der Waals surface area contributed by atoms with E-state index in [0.717, 1.165) is 95.4 Å². The topological polar surface area (TPSA) is 74.7 Å². The number of benzene rings is 2. The molecule has 0 radical (unpaired) electrons. The smallest absolute Gasteiger partial charge is 0.141 e. The molecule has 0 spiro atoms. The van der Waals surface area contributed by atoms with E-state index < -0.39 is 0 Å². The maximum Gasteiger partial charge on any atom is 0.141 e. The lowest BCUT2D eigenvalue weighted by Crippen LogP contribution is -2.48. The van der Waals surface area contributed by atoms with Gasteiger partial charge in [-0.1, -0.05) is 41.0 Å². The lowest BCUT2D eigenvalue weighted by Gasteiger charge is -2.37. The zero-order valence-electron chi connectivity index (χ0n) is 22.1. The lowest BCUT2D eigenvalue weighted by molar-refractivity contribution is 0.229. The van der Waals surface area contributed by atoms with Crippen LogP contribution in [0.4, 0.5) is 11.6 Å². The van der Waals surface area contributed by atoms with E-state index in [0.29, 0.717) is 5.82 Å². The lowest BCUT2D eigenvalue weighted by atomic mass is 9.95. The number of nitrogens with two attached hydrogens (primary N) is 1. The summed E-state index contributed by atoms with van der Waals surface area (Å²) in [5.41, 5.74) is 11.9. The molecule has 2 aromatic heterocycles. The van der Waals surface area contributed by atoms with Crippen molar-refractivity contribution >= 4 is 34.0 Å². The summed E-state index contributed by atoms with van der Waals surface area (Å²) in [6.45, 7) is 9.90. The fourth-order valence-corrected chi connectivity index (χ4v) is 5.46. The van der Waals surface area contributed by atoms with Gasteiger partial charge in [0.1, 0.15) is 17.4 Å². The molecule has 37 heavy (non-hydrogen) atoms. The molecule has 3 heterocycles. The summed E-state index contributed by atoms with van der Waals surface area (Å²) >= 11 is 6.35. The van der Waals surface area contributed by atoms with E-state index in [4.69, 9.17) is 26.8 Å². The molecule has 0 bridgehead atoms. The van der Waals surface area contributed by atoms with E-state index >= 15 is 0 Å². The van der Waals surface area contributed by atoms with Crippen LogP contribution in [0.3, 0.4) is 0 Å². The molecule has 2 N–H and O–H groups in total. The number of halogens is 1. The Morgan fingerprint density at radius 1 is 1.03 bits per heavy atom. The summed E-state index contributed by atoms with van der Waals surface area (Å²) in [5.74, 6) is 2.32. The number of fused-ring (bicyclic) bond motifs is 1. The van der Waals surface area contributed by atoms with Crippen LogP contribution in [-0.4, -0.2) is 73.3 Å². The summed E-state index contributed by atoms with van der Waals surface area (Å²) in [6.07, 6.45) is 0.727. The van der Waals surface area contributed by atoms with Crippen molar-refractivity contribution in [1.29, 1.82) is 0 Å². The highest BCUT2D eigenvalue weighted by molar-refractivity contribution is 6.30. The van der Waals surface area contributed by atoms with Gasteiger partial charge in [-0.05, 0) is 62.7 Å². The fourth-order valence-electron chi connectivity index (χ4n) is 5.24. The first kappa shape index (κ1) is 25.5. The Morgan fingerprint density at radius 3 is 2.49 bits per heavy atom. The second-order valence-electron chi connectivity index (χ2n) is 10.2. The van der Waals surface area contributed by atoms with Crippen LogP contribution < -0.4 is 10.6 Å². The Labute approximate surface area is 223 Å². The van der Waals surface area contributed by atoms with Gasteiger partial charge in [0, 0.05) is 67.2 Å². The van der Waals surface area contributed by atoms with Crippen molar-refractivity contribution in [3.8, 4) is 11.1 Å². The molecule has 0 saturated carbocycles. The minimum Gasteiger partial charge on any atom is -0.383 e. The monoisotopic (exact) mass is 518 g/mol. The van der Waals surface area contributed by atoms with Gasteiger partial charge < -0.3 is 20.1 Å². The van der Waals surface area contributed by atoms with Gasteiger partial charge >= 0.3 is 0 Å². The van der Waals surface area contributed by atoms with Crippen LogP contribution in [0, 0.1) is 13.8 Å². The summed E-state index contributed by atoms with van der Waals surface area (Å²) in [7, 11) is 4.24. The molecule has 1 aliphatic heterocycles. The van der Waals surface area contributed by atoms with Crippen molar-refractivity contribution in [1.82, 2.24) is 19.9 Å². The summed E-state index contributed by atoms with van der Waals surface area (Å²) in [5, 5.41) is 6.94. The highest BCUT2D eigenvalue weighted by Crippen LogP contribution is 2.37. The highest BCUT2D eigenvalue weighted by Gasteiger charge is 2.24. The van der Waals surface area contributed by atoms with Gasteiger partial charge in [-0.2, -0.15) is 0 Å². The van der Waals surface area contributed by atoms with Crippen LogP contribution in [0.25, 0.3) is 21.9 Å². The van der Waals surface area contributed by atoms with Crippen molar-refractivity contribution in [2.45, 2.75) is 20.3 Å². The summed E-state index contributed by atoms with van der Waals surface area (Å²) in [4.78, 5) is 12.2. The number of likely N-dealkylation sites (N-methyl/N-ethyl adjacent to an activating group) is 1. The Morgan fingerprint density at radius 2 is 1.81 bits per heavy atom. The molecule has 1 fully saturated rings. The fraction of sp³-hybridized carbons (Fsp3) is 0.379.